The first-order valence-electron chi connectivity index (χ1n) is 8.99. The molecule has 1 aliphatic carbocycles. The Morgan fingerprint density at radius 1 is 1.21 bits per heavy atom. The van der Waals surface area contributed by atoms with Crippen LogP contribution in [-0.4, -0.2) is 41.8 Å². The summed E-state index contributed by atoms with van der Waals surface area (Å²) in [6.45, 7) is 2.85. The Kier molecular flexibility index (Phi) is 4.52. The first-order chi connectivity index (χ1) is 11.8. The summed E-state index contributed by atoms with van der Waals surface area (Å²) in [5.41, 5.74) is 1.33. The van der Waals surface area contributed by atoms with Crippen LogP contribution in [0, 0.1) is 5.92 Å². The lowest BCUT2D eigenvalue weighted by atomic mass is 9.96. The van der Waals surface area contributed by atoms with E-state index in [2.05, 4.69) is 40.3 Å². The van der Waals surface area contributed by atoms with Crippen molar-refractivity contribution >= 4 is 0 Å². The van der Waals surface area contributed by atoms with Crippen molar-refractivity contribution < 1.29 is 9.26 Å². The molecule has 4 rings (SSSR count). The number of hydrogen-bond acceptors (Lipinski definition) is 5. The van der Waals surface area contributed by atoms with Crippen molar-refractivity contribution in [3.05, 3.63) is 41.5 Å². The second kappa shape index (κ2) is 6.93. The molecule has 2 aromatic rings. The molecule has 128 valence electrons. The fourth-order valence-corrected chi connectivity index (χ4v) is 3.41. The molecule has 1 aromatic heterocycles. The van der Waals surface area contributed by atoms with Gasteiger partial charge in [-0.2, -0.15) is 4.98 Å². The van der Waals surface area contributed by atoms with Crippen LogP contribution >= 0.6 is 0 Å². The highest BCUT2D eigenvalue weighted by atomic mass is 16.5. The van der Waals surface area contributed by atoms with Crippen LogP contribution < -0.4 is 4.74 Å². The van der Waals surface area contributed by atoms with Crippen LogP contribution in [0.1, 0.15) is 42.5 Å². The lowest BCUT2D eigenvalue weighted by molar-refractivity contribution is 0.240. The Balaban J connectivity index is 1.28. The van der Waals surface area contributed by atoms with Gasteiger partial charge in [0.15, 0.2) is 5.82 Å². The van der Waals surface area contributed by atoms with Gasteiger partial charge in [0, 0.05) is 25.4 Å². The van der Waals surface area contributed by atoms with E-state index in [1.165, 1.54) is 18.4 Å². The zero-order valence-electron chi connectivity index (χ0n) is 14.3. The number of nitrogens with zero attached hydrogens (tertiary/aromatic N) is 3. The average Bonchev–Trinajstić information content (AvgIpc) is 3.36. The number of benzene rings is 1. The van der Waals surface area contributed by atoms with Gasteiger partial charge in [0.05, 0.1) is 6.61 Å². The minimum absolute atomic E-state index is 0.537. The van der Waals surface area contributed by atoms with E-state index in [1.807, 2.05) is 6.07 Å². The number of para-hydroxylation sites is 1. The maximum absolute atomic E-state index is 5.87. The second-order valence-electron chi connectivity index (χ2n) is 7.15. The molecule has 0 unspecified atom stereocenters. The number of aromatic nitrogens is 2. The van der Waals surface area contributed by atoms with Gasteiger partial charge in [0.1, 0.15) is 5.75 Å². The minimum Gasteiger partial charge on any atom is -0.493 e. The Bertz CT molecular complexity index is 681. The molecular weight excluding hydrogens is 302 g/mol. The highest BCUT2D eigenvalue weighted by Gasteiger charge is 2.29. The second-order valence-corrected chi connectivity index (χ2v) is 7.15. The largest absolute Gasteiger partial charge is 0.493 e. The number of rotatable bonds is 6. The Morgan fingerprint density at radius 3 is 2.96 bits per heavy atom. The van der Waals surface area contributed by atoms with Crippen molar-refractivity contribution in [2.45, 2.75) is 38.0 Å². The van der Waals surface area contributed by atoms with Crippen LogP contribution in [0.5, 0.6) is 5.75 Å². The highest BCUT2D eigenvalue weighted by Crippen LogP contribution is 2.38. The zero-order chi connectivity index (χ0) is 16.4. The third-order valence-electron chi connectivity index (χ3n) is 4.96. The maximum atomic E-state index is 5.87. The van der Waals surface area contributed by atoms with E-state index in [4.69, 9.17) is 9.26 Å². The molecule has 24 heavy (non-hydrogen) atoms. The average molecular weight is 327 g/mol. The Hall–Kier alpha value is -1.88. The Morgan fingerprint density at radius 2 is 2.08 bits per heavy atom. The lowest BCUT2D eigenvalue weighted by Crippen LogP contribution is -2.29. The topological polar surface area (TPSA) is 51.4 Å². The van der Waals surface area contributed by atoms with Crippen molar-refractivity contribution in [1.82, 2.24) is 15.0 Å². The number of likely N-dealkylation sites (N-methyl/N-ethyl adjacent to an activating group) is 1. The summed E-state index contributed by atoms with van der Waals surface area (Å²) in [6.07, 6.45) is 5.45. The van der Waals surface area contributed by atoms with Crippen molar-refractivity contribution in [1.29, 1.82) is 0 Å². The molecular formula is C19H25N3O2. The highest BCUT2D eigenvalue weighted by molar-refractivity contribution is 5.34. The molecule has 0 N–H and O–H groups in total. The normalized spacial score (nSPS) is 20.5. The molecule has 1 atom stereocenters. The quantitative estimate of drug-likeness (QED) is 0.816. The van der Waals surface area contributed by atoms with E-state index in [-0.39, 0.29) is 0 Å². The summed E-state index contributed by atoms with van der Waals surface area (Å²) in [4.78, 5) is 6.89. The maximum Gasteiger partial charge on any atom is 0.229 e. The molecule has 0 saturated heterocycles. The van der Waals surface area contributed by atoms with Gasteiger partial charge in [-0.25, -0.2) is 0 Å². The lowest BCUT2D eigenvalue weighted by Gasteiger charge is -2.22. The zero-order valence-corrected chi connectivity index (χ0v) is 14.3. The van der Waals surface area contributed by atoms with Crippen LogP contribution in [0.4, 0.5) is 0 Å². The van der Waals surface area contributed by atoms with Crippen molar-refractivity contribution in [3.8, 4) is 5.75 Å². The van der Waals surface area contributed by atoms with Crippen molar-refractivity contribution in [3.63, 3.8) is 0 Å². The van der Waals surface area contributed by atoms with E-state index in [0.29, 0.717) is 11.8 Å². The first kappa shape index (κ1) is 15.6. The van der Waals surface area contributed by atoms with E-state index in [9.17, 15) is 0 Å². The third-order valence-corrected chi connectivity index (χ3v) is 4.96. The standard InChI is InChI=1S/C19H25N3O2/c1-22(10-8-18-20-19(24-21-18)15-6-7-15)13-14-9-11-23-17-5-3-2-4-16(17)12-14/h2-5,14-15H,6-13H2,1H3/t14-/m1/s1. The molecule has 5 heteroatoms. The van der Waals surface area contributed by atoms with Gasteiger partial charge in [-0.1, -0.05) is 23.4 Å². The monoisotopic (exact) mass is 327 g/mol. The molecule has 0 amide bonds. The summed E-state index contributed by atoms with van der Waals surface area (Å²) < 4.78 is 11.2. The van der Waals surface area contributed by atoms with Gasteiger partial charge in [-0.05, 0) is 50.3 Å². The van der Waals surface area contributed by atoms with Gasteiger partial charge in [-0.3, -0.25) is 0 Å². The first-order valence-corrected chi connectivity index (χ1v) is 8.99. The van der Waals surface area contributed by atoms with Crippen LogP contribution in [0.2, 0.25) is 0 Å². The summed E-state index contributed by atoms with van der Waals surface area (Å²) in [5, 5.41) is 4.11. The van der Waals surface area contributed by atoms with E-state index >= 15 is 0 Å². The predicted molar refractivity (Wildman–Crippen MR) is 91.2 cm³/mol. The molecule has 0 radical (unpaired) electrons. The van der Waals surface area contributed by atoms with Gasteiger partial charge < -0.3 is 14.2 Å². The fraction of sp³-hybridized carbons (Fsp3) is 0.579. The molecule has 0 spiro atoms. The molecule has 1 fully saturated rings. The van der Waals surface area contributed by atoms with E-state index in [1.54, 1.807) is 0 Å². The van der Waals surface area contributed by atoms with Crippen LogP contribution in [0.25, 0.3) is 0 Å². The van der Waals surface area contributed by atoms with Crippen molar-refractivity contribution in [2.75, 3.05) is 26.7 Å². The molecule has 1 saturated carbocycles. The van der Waals surface area contributed by atoms with Gasteiger partial charge in [-0.15, -0.1) is 0 Å². The van der Waals surface area contributed by atoms with Crippen LogP contribution in [0.15, 0.2) is 28.8 Å². The smallest absolute Gasteiger partial charge is 0.229 e. The summed E-state index contributed by atoms with van der Waals surface area (Å²) >= 11 is 0. The van der Waals surface area contributed by atoms with Crippen LogP contribution in [0.3, 0.4) is 0 Å². The van der Waals surface area contributed by atoms with Gasteiger partial charge in [0.2, 0.25) is 5.89 Å². The van der Waals surface area contributed by atoms with Crippen molar-refractivity contribution in [2.24, 2.45) is 5.92 Å². The van der Waals surface area contributed by atoms with Crippen LogP contribution in [-0.2, 0) is 12.8 Å². The SMILES string of the molecule is CN(CCc1noc(C2CC2)n1)C[C@@H]1CCOc2ccccc2C1. The summed E-state index contributed by atoms with van der Waals surface area (Å²) in [6, 6.07) is 8.41. The third kappa shape index (κ3) is 3.78. The van der Waals surface area contributed by atoms with Gasteiger partial charge in [0.25, 0.3) is 0 Å². The van der Waals surface area contributed by atoms with Gasteiger partial charge >= 0.3 is 0 Å². The molecule has 2 aliphatic rings. The number of ether oxygens (including phenoxy) is 1. The number of hydrogen-bond donors (Lipinski definition) is 0. The minimum atomic E-state index is 0.537. The molecule has 1 aliphatic heterocycles. The Labute approximate surface area is 143 Å². The predicted octanol–water partition coefficient (Wildman–Crippen LogP) is 3.06. The van der Waals surface area contributed by atoms with E-state index < -0.39 is 0 Å². The molecule has 1 aromatic carbocycles. The van der Waals surface area contributed by atoms with E-state index in [0.717, 1.165) is 56.4 Å². The summed E-state index contributed by atoms with van der Waals surface area (Å²) in [5.74, 6) is 3.91. The molecule has 0 bridgehead atoms. The number of fused-ring (bicyclic) bond motifs is 1. The molecule has 5 nitrogen and oxygen atoms in total. The molecule has 2 heterocycles. The fourth-order valence-electron chi connectivity index (χ4n) is 3.41. The summed E-state index contributed by atoms with van der Waals surface area (Å²) in [7, 11) is 2.18.